The molecule has 0 fully saturated rings. The van der Waals surface area contributed by atoms with Crippen molar-refractivity contribution in [1.82, 2.24) is 9.97 Å². The minimum Gasteiger partial charge on any atom is -0.394 e. The van der Waals surface area contributed by atoms with Gasteiger partial charge < -0.3 is 21.3 Å². The molecule has 2 atom stereocenters. The van der Waals surface area contributed by atoms with Crippen molar-refractivity contribution in [3.63, 3.8) is 0 Å². The maximum absolute atomic E-state index is 10.6. The number of anilines is 2. The number of hydrogen-bond donors (Lipinski definition) is 4. The van der Waals surface area contributed by atoms with Gasteiger partial charge in [0.05, 0.1) is 17.6 Å². The molecule has 122 valence electrons. The van der Waals surface area contributed by atoms with Gasteiger partial charge in [0.2, 0.25) is 5.95 Å². The Morgan fingerprint density at radius 2 is 2.00 bits per heavy atom. The summed E-state index contributed by atoms with van der Waals surface area (Å²) in [5.74, 6) is 0.184. The quantitative estimate of drug-likeness (QED) is 0.348. The van der Waals surface area contributed by atoms with E-state index in [9.17, 15) is 20.3 Å². The fraction of sp³-hybridized carbons (Fsp3) is 0.231. The highest BCUT2D eigenvalue weighted by Gasteiger charge is 2.21. The van der Waals surface area contributed by atoms with E-state index >= 15 is 0 Å². The molecular formula is C13H14ClN5O4. The van der Waals surface area contributed by atoms with E-state index in [0.29, 0.717) is 5.56 Å². The van der Waals surface area contributed by atoms with Crippen LogP contribution in [0.3, 0.4) is 0 Å². The zero-order valence-electron chi connectivity index (χ0n) is 11.8. The van der Waals surface area contributed by atoms with Crippen LogP contribution in [0.2, 0.25) is 5.15 Å². The first kappa shape index (κ1) is 16.9. The molecule has 2 rings (SSSR count). The van der Waals surface area contributed by atoms with Crippen LogP contribution in [0.5, 0.6) is 0 Å². The second kappa shape index (κ2) is 7.18. The van der Waals surface area contributed by atoms with E-state index in [0.717, 1.165) is 0 Å². The van der Waals surface area contributed by atoms with E-state index in [2.05, 4.69) is 15.3 Å². The molecule has 2 aromatic rings. The van der Waals surface area contributed by atoms with E-state index in [-0.39, 0.29) is 22.6 Å². The number of nitrogens with zero attached hydrogens (tertiary/aromatic N) is 3. The Hall–Kier alpha value is -2.49. The molecule has 10 heteroatoms. The standard InChI is InChI=1S/C13H14ClN5O4/c14-10-5-11(18-13(15)17-10)16-9(6-20)12(21)7-1-3-8(4-2-7)19(22)23/h1-5,9,12,20-21H,6H2,(H3,15,16,17,18). The lowest BCUT2D eigenvalue weighted by Crippen LogP contribution is -2.31. The van der Waals surface area contributed by atoms with Crippen molar-refractivity contribution in [2.75, 3.05) is 17.7 Å². The summed E-state index contributed by atoms with van der Waals surface area (Å²) in [7, 11) is 0. The van der Waals surface area contributed by atoms with Crippen molar-refractivity contribution in [2.24, 2.45) is 0 Å². The molecule has 0 aliphatic heterocycles. The summed E-state index contributed by atoms with van der Waals surface area (Å²) >= 11 is 5.76. The van der Waals surface area contributed by atoms with Crippen LogP contribution in [-0.2, 0) is 0 Å². The van der Waals surface area contributed by atoms with Crippen LogP contribution in [-0.4, -0.2) is 37.8 Å². The average molecular weight is 340 g/mol. The summed E-state index contributed by atoms with van der Waals surface area (Å²) < 4.78 is 0. The third-order valence-electron chi connectivity index (χ3n) is 3.07. The van der Waals surface area contributed by atoms with E-state index in [1.807, 2.05) is 0 Å². The molecule has 0 radical (unpaired) electrons. The first-order valence-electron chi connectivity index (χ1n) is 6.50. The highest BCUT2D eigenvalue weighted by Crippen LogP contribution is 2.23. The molecule has 0 bridgehead atoms. The molecule has 0 saturated heterocycles. The van der Waals surface area contributed by atoms with Gasteiger partial charge in [0, 0.05) is 18.2 Å². The van der Waals surface area contributed by atoms with Crippen LogP contribution in [0, 0.1) is 10.1 Å². The number of nitrogens with two attached hydrogens (primary N) is 1. The topological polar surface area (TPSA) is 147 Å². The lowest BCUT2D eigenvalue weighted by Gasteiger charge is -2.23. The van der Waals surface area contributed by atoms with Crippen molar-refractivity contribution in [3.05, 3.63) is 51.2 Å². The van der Waals surface area contributed by atoms with Gasteiger partial charge in [-0.3, -0.25) is 10.1 Å². The Balaban J connectivity index is 2.17. The Kier molecular flexibility index (Phi) is 5.27. The second-order valence-electron chi connectivity index (χ2n) is 4.66. The Bertz CT molecular complexity index is 677. The number of non-ortho nitro benzene ring substituents is 1. The van der Waals surface area contributed by atoms with Gasteiger partial charge in [-0.15, -0.1) is 0 Å². The highest BCUT2D eigenvalue weighted by molar-refractivity contribution is 6.29. The van der Waals surface area contributed by atoms with Crippen molar-refractivity contribution in [1.29, 1.82) is 0 Å². The van der Waals surface area contributed by atoms with Gasteiger partial charge in [-0.25, -0.2) is 4.98 Å². The second-order valence-corrected chi connectivity index (χ2v) is 5.05. The molecule has 0 aliphatic rings. The predicted molar refractivity (Wildman–Crippen MR) is 84.0 cm³/mol. The monoisotopic (exact) mass is 339 g/mol. The number of hydrogen-bond acceptors (Lipinski definition) is 8. The van der Waals surface area contributed by atoms with Crippen LogP contribution in [0.25, 0.3) is 0 Å². The Labute approximate surface area is 135 Å². The molecule has 1 heterocycles. The summed E-state index contributed by atoms with van der Waals surface area (Å²) in [4.78, 5) is 17.7. The fourth-order valence-electron chi connectivity index (χ4n) is 1.95. The number of benzene rings is 1. The first-order chi connectivity index (χ1) is 10.9. The number of nitro benzene ring substituents is 1. The number of nitro groups is 1. The van der Waals surface area contributed by atoms with E-state index in [1.165, 1.54) is 30.3 Å². The highest BCUT2D eigenvalue weighted by atomic mass is 35.5. The molecular weight excluding hydrogens is 326 g/mol. The number of nitrogen functional groups attached to an aromatic ring is 1. The fourth-order valence-corrected chi connectivity index (χ4v) is 2.14. The van der Waals surface area contributed by atoms with E-state index in [4.69, 9.17) is 17.3 Å². The van der Waals surface area contributed by atoms with Crippen LogP contribution in [0.4, 0.5) is 17.5 Å². The maximum atomic E-state index is 10.6. The SMILES string of the molecule is Nc1nc(Cl)cc(NC(CO)C(O)c2ccc([N+](=O)[O-])cc2)n1. The summed E-state index contributed by atoms with van der Waals surface area (Å²) in [5, 5.41) is 33.3. The van der Waals surface area contributed by atoms with Crippen molar-refractivity contribution >= 4 is 29.1 Å². The van der Waals surface area contributed by atoms with Gasteiger partial charge >= 0.3 is 0 Å². The minimum absolute atomic E-state index is 0.0542. The zero-order valence-corrected chi connectivity index (χ0v) is 12.5. The Morgan fingerprint density at radius 3 is 2.52 bits per heavy atom. The molecule has 0 saturated carbocycles. The van der Waals surface area contributed by atoms with Crippen LogP contribution in [0.15, 0.2) is 30.3 Å². The zero-order chi connectivity index (χ0) is 17.0. The Morgan fingerprint density at radius 1 is 1.35 bits per heavy atom. The molecule has 0 aliphatic carbocycles. The van der Waals surface area contributed by atoms with Gasteiger partial charge in [0.25, 0.3) is 5.69 Å². The summed E-state index contributed by atoms with van der Waals surface area (Å²) in [6.45, 7) is -0.417. The molecule has 0 spiro atoms. The molecule has 23 heavy (non-hydrogen) atoms. The number of halogens is 1. The van der Waals surface area contributed by atoms with E-state index in [1.54, 1.807) is 0 Å². The lowest BCUT2D eigenvalue weighted by atomic mass is 10.0. The molecule has 2 unspecified atom stereocenters. The van der Waals surface area contributed by atoms with Crippen LogP contribution in [0.1, 0.15) is 11.7 Å². The van der Waals surface area contributed by atoms with Gasteiger partial charge in [0.15, 0.2) is 0 Å². The molecule has 0 amide bonds. The largest absolute Gasteiger partial charge is 0.394 e. The average Bonchev–Trinajstić information content (AvgIpc) is 2.51. The van der Waals surface area contributed by atoms with Crippen LogP contribution < -0.4 is 11.1 Å². The number of aromatic nitrogens is 2. The maximum Gasteiger partial charge on any atom is 0.269 e. The van der Waals surface area contributed by atoms with E-state index < -0.39 is 23.7 Å². The predicted octanol–water partition coefficient (Wildman–Crippen LogP) is 1.13. The van der Waals surface area contributed by atoms with Crippen molar-refractivity contribution in [3.8, 4) is 0 Å². The van der Waals surface area contributed by atoms with Gasteiger partial charge in [-0.1, -0.05) is 11.6 Å². The minimum atomic E-state index is -1.13. The summed E-state index contributed by atoms with van der Waals surface area (Å²) in [6, 6.07) is 5.94. The molecule has 1 aromatic heterocycles. The number of rotatable bonds is 6. The van der Waals surface area contributed by atoms with Crippen molar-refractivity contribution in [2.45, 2.75) is 12.1 Å². The van der Waals surface area contributed by atoms with Gasteiger partial charge in [-0.2, -0.15) is 4.98 Å². The smallest absolute Gasteiger partial charge is 0.269 e. The third-order valence-corrected chi connectivity index (χ3v) is 3.26. The first-order valence-corrected chi connectivity index (χ1v) is 6.88. The van der Waals surface area contributed by atoms with Crippen molar-refractivity contribution < 1.29 is 15.1 Å². The molecule has 5 N–H and O–H groups in total. The lowest BCUT2D eigenvalue weighted by molar-refractivity contribution is -0.384. The molecule has 9 nitrogen and oxygen atoms in total. The molecule has 1 aromatic carbocycles. The third kappa shape index (κ3) is 4.25. The number of aliphatic hydroxyl groups is 2. The van der Waals surface area contributed by atoms with Gasteiger partial charge in [0.1, 0.15) is 17.1 Å². The summed E-state index contributed by atoms with van der Waals surface area (Å²) in [6.07, 6.45) is -1.13. The number of aliphatic hydroxyl groups excluding tert-OH is 2. The number of nitrogens with one attached hydrogen (secondary N) is 1. The summed E-state index contributed by atoms with van der Waals surface area (Å²) in [5.41, 5.74) is 5.78. The van der Waals surface area contributed by atoms with Crippen LogP contribution >= 0.6 is 11.6 Å². The normalized spacial score (nSPS) is 13.3. The van der Waals surface area contributed by atoms with Gasteiger partial charge in [-0.05, 0) is 17.7 Å².